The summed E-state index contributed by atoms with van der Waals surface area (Å²) in [4.78, 5) is 7.39. The van der Waals surface area contributed by atoms with Crippen LogP contribution in [-0.2, 0) is 0 Å². The summed E-state index contributed by atoms with van der Waals surface area (Å²) < 4.78 is 0. The normalized spacial score (nSPS) is 30.4. The summed E-state index contributed by atoms with van der Waals surface area (Å²) in [5.41, 5.74) is 1.16. The first-order valence-electron chi connectivity index (χ1n) is 8.56. The minimum Gasteiger partial charge on any atom is -0.311 e. The van der Waals surface area contributed by atoms with Crippen LogP contribution in [0.15, 0.2) is 5.38 Å². The number of nitrogens with zero attached hydrogens (tertiary/aromatic N) is 2. The van der Waals surface area contributed by atoms with Gasteiger partial charge in [0.15, 0.2) is 0 Å². The van der Waals surface area contributed by atoms with E-state index >= 15 is 0 Å². The molecule has 1 saturated carbocycles. The number of piperazine rings is 1. The molecule has 0 aromatic carbocycles. The Hall–Kier alpha value is -0.450. The lowest BCUT2D eigenvalue weighted by atomic mass is 9.82. The summed E-state index contributed by atoms with van der Waals surface area (Å²) in [6, 6.07) is 1.74. The zero-order chi connectivity index (χ0) is 14.8. The Kier molecular flexibility index (Phi) is 4.97. The maximum atomic E-state index is 4.71. The smallest absolute Gasteiger partial charge is 0.110 e. The highest BCUT2D eigenvalue weighted by atomic mass is 32.1. The third kappa shape index (κ3) is 3.49. The van der Waals surface area contributed by atoms with Crippen molar-refractivity contribution in [2.24, 2.45) is 5.92 Å². The molecule has 2 aliphatic rings. The highest BCUT2D eigenvalue weighted by Gasteiger charge is 2.34. The molecule has 1 saturated heterocycles. The fraction of sp³-hybridized carbons (Fsp3) is 0.824. The van der Waals surface area contributed by atoms with Gasteiger partial charge in [0, 0.05) is 36.2 Å². The molecule has 4 heteroatoms. The zero-order valence-corrected chi connectivity index (χ0v) is 14.5. The quantitative estimate of drug-likeness (QED) is 0.921. The second-order valence-electron chi connectivity index (χ2n) is 6.96. The van der Waals surface area contributed by atoms with E-state index in [-0.39, 0.29) is 0 Å². The van der Waals surface area contributed by atoms with Crippen molar-refractivity contribution in [3.63, 3.8) is 0 Å². The van der Waals surface area contributed by atoms with Gasteiger partial charge in [-0.05, 0) is 39.5 Å². The molecule has 1 aliphatic heterocycles. The van der Waals surface area contributed by atoms with E-state index in [1.165, 1.54) is 43.7 Å². The minimum absolute atomic E-state index is 0.451. The van der Waals surface area contributed by atoms with E-state index in [9.17, 15) is 0 Å². The lowest BCUT2D eigenvalue weighted by Gasteiger charge is -2.45. The average Bonchev–Trinajstić information content (AvgIpc) is 2.94. The van der Waals surface area contributed by atoms with E-state index in [1.807, 2.05) is 11.3 Å². The van der Waals surface area contributed by atoms with Gasteiger partial charge in [0.25, 0.3) is 0 Å². The van der Waals surface area contributed by atoms with Crippen molar-refractivity contribution in [3.8, 4) is 0 Å². The molecule has 1 aromatic rings. The van der Waals surface area contributed by atoms with Crippen LogP contribution in [0, 0.1) is 12.8 Å². The van der Waals surface area contributed by atoms with Gasteiger partial charge in [-0.1, -0.05) is 19.3 Å². The first-order chi connectivity index (χ1) is 10.1. The Labute approximate surface area is 133 Å². The molecule has 1 aliphatic carbocycles. The molecule has 0 bridgehead atoms. The summed E-state index contributed by atoms with van der Waals surface area (Å²) in [6.07, 6.45) is 7.15. The Bertz CT molecular complexity index is 453. The molecule has 0 amide bonds. The number of hydrogen-bond acceptors (Lipinski definition) is 4. The van der Waals surface area contributed by atoms with Crippen molar-refractivity contribution >= 4 is 11.3 Å². The standard InChI is InChI=1S/C17H29N3S/c1-12-11-21-17(19-12)14(3)20-10-16(18-9-13(20)2)15-7-5-4-6-8-15/h11,13-16,18H,4-10H2,1-3H3. The van der Waals surface area contributed by atoms with Gasteiger partial charge in [-0.2, -0.15) is 0 Å². The molecule has 2 fully saturated rings. The van der Waals surface area contributed by atoms with Gasteiger partial charge in [0.05, 0.1) is 6.04 Å². The van der Waals surface area contributed by atoms with Crippen LogP contribution in [0.3, 0.4) is 0 Å². The van der Waals surface area contributed by atoms with Crippen LogP contribution in [0.25, 0.3) is 0 Å². The summed E-state index contributed by atoms with van der Waals surface area (Å²) in [7, 11) is 0. The van der Waals surface area contributed by atoms with Gasteiger partial charge in [-0.3, -0.25) is 4.90 Å². The van der Waals surface area contributed by atoms with Crippen molar-refractivity contribution in [1.82, 2.24) is 15.2 Å². The van der Waals surface area contributed by atoms with E-state index in [0.29, 0.717) is 18.1 Å². The van der Waals surface area contributed by atoms with E-state index in [0.717, 1.165) is 18.2 Å². The Morgan fingerprint density at radius 1 is 1.33 bits per heavy atom. The second kappa shape index (κ2) is 6.76. The van der Waals surface area contributed by atoms with Crippen LogP contribution in [0.4, 0.5) is 0 Å². The molecule has 3 rings (SSSR count). The fourth-order valence-corrected chi connectivity index (χ4v) is 4.88. The van der Waals surface area contributed by atoms with E-state index in [2.05, 4.69) is 36.4 Å². The molecular weight excluding hydrogens is 278 g/mol. The van der Waals surface area contributed by atoms with Crippen molar-refractivity contribution in [2.45, 2.75) is 71.0 Å². The molecule has 3 atom stereocenters. The highest BCUT2D eigenvalue weighted by Crippen LogP contribution is 2.32. The average molecular weight is 308 g/mol. The number of hydrogen-bond donors (Lipinski definition) is 1. The van der Waals surface area contributed by atoms with Crippen molar-refractivity contribution < 1.29 is 0 Å². The van der Waals surface area contributed by atoms with Crippen molar-refractivity contribution in [3.05, 3.63) is 16.1 Å². The maximum Gasteiger partial charge on any atom is 0.110 e. The predicted molar refractivity (Wildman–Crippen MR) is 89.8 cm³/mol. The molecule has 21 heavy (non-hydrogen) atoms. The summed E-state index contributed by atoms with van der Waals surface area (Å²) >= 11 is 1.82. The molecule has 0 radical (unpaired) electrons. The molecule has 1 aromatic heterocycles. The monoisotopic (exact) mass is 307 g/mol. The van der Waals surface area contributed by atoms with Crippen molar-refractivity contribution in [2.75, 3.05) is 13.1 Å². The molecule has 0 spiro atoms. The van der Waals surface area contributed by atoms with Gasteiger partial charge in [-0.15, -0.1) is 11.3 Å². The zero-order valence-electron chi connectivity index (χ0n) is 13.6. The Morgan fingerprint density at radius 2 is 2.10 bits per heavy atom. The van der Waals surface area contributed by atoms with Crippen LogP contribution in [-0.4, -0.2) is 35.1 Å². The van der Waals surface area contributed by atoms with E-state index in [1.54, 1.807) is 0 Å². The van der Waals surface area contributed by atoms with Crippen LogP contribution in [0.1, 0.15) is 62.7 Å². The molecule has 118 valence electrons. The maximum absolute atomic E-state index is 4.71. The number of aromatic nitrogens is 1. The first-order valence-corrected chi connectivity index (χ1v) is 9.44. The number of rotatable bonds is 3. The molecule has 2 heterocycles. The molecule has 3 unspecified atom stereocenters. The van der Waals surface area contributed by atoms with E-state index < -0.39 is 0 Å². The van der Waals surface area contributed by atoms with Gasteiger partial charge < -0.3 is 5.32 Å². The predicted octanol–water partition coefficient (Wildman–Crippen LogP) is 3.76. The number of nitrogens with one attached hydrogen (secondary N) is 1. The van der Waals surface area contributed by atoms with Gasteiger partial charge in [0.2, 0.25) is 0 Å². The minimum atomic E-state index is 0.451. The third-order valence-electron chi connectivity index (χ3n) is 5.36. The fourth-order valence-electron chi connectivity index (χ4n) is 4.01. The van der Waals surface area contributed by atoms with E-state index in [4.69, 9.17) is 4.98 Å². The van der Waals surface area contributed by atoms with Gasteiger partial charge >= 0.3 is 0 Å². The lowest BCUT2D eigenvalue weighted by molar-refractivity contribution is 0.0717. The lowest BCUT2D eigenvalue weighted by Crippen LogP contribution is -2.58. The van der Waals surface area contributed by atoms with Crippen LogP contribution < -0.4 is 5.32 Å². The van der Waals surface area contributed by atoms with Gasteiger partial charge in [-0.25, -0.2) is 4.98 Å². The molecule has 3 nitrogen and oxygen atoms in total. The first kappa shape index (κ1) is 15.4. The molecule has 1 N–H and O–H groups in total. The van der Waals surface area contributed by atoms with Crippen LogP contribution in [0.5, 0.6) is 0 Å². The second-order valence-corrected chi connectivity index (χ2v) is 7.85. The summed E-state index contributed by atoms with van der Waals surface area (Å²) in [5.74, 6) is 0.888. The number of aryl methyl sites for hydroxylation is 1. The van der Waals surface area contributed by atoms with Crippen LogP contribution >= 0.6 is 11.3 Å². The summed E-state index contributed by atoms with van der Waals surface area (Å²) in [6.45, 7) is 9.08. The SMILES string of the molecule is Cc1csc(C(C)N2CC(C3CCCCC3)NCC2C)n1. The highest BCUT2D eigenvalue weighted by molar-refractivity contribution is 7.09. The Balaban J connectivity index is 1.68. The summed E-state index contributed by atoms with van der Waals surface area (Å²) in [5, 5.41) is 7.28. The Morgan fingerprint density at radius 3 is 2.76 bits per heavy atom. The largest absolute Gasteiger partial charge is 0.311 e. The van der Waals surface area contributed by atoms with Gasteiger partial charge in [0.1, 0.15) is 5.01 Å². The molecular formula is C17H29N3S. The third-order valence-corrected chi connectivity index (χ3v) is 6.49. The van der Waals surface area contributed by atoms with Crippen LogP contribution in [0.2, 0.25) is 0 Å². The number of thiazole rings is 1. The topological polar surface area (TPSA) is 28.2 Å². The van der Waals surface area contributed by atoms with Crippen molar-refractivity contribution in [1.29, 1.82) is 0 Å².